The molecule has 5 nitrogen and oxygen atoms in total. The van der Waals surface area contributed by atoms with Gasteiger partial charge in [-0.25, -0.2) is 4.99 Å². The monoisotopic (exact) mass is 302 g/mol. The molecule has 0 heterocycles. The molecule has 3 N–H and O–H groups in total. The molecule has 120 valence electrons. The highest BCUT2D eigenvalue weighted by molar-refractivity contribution is 5.80. The van der Waals surface area contributed by atoms with Crippen LogP contribution in [0.15, 0.2) is 35.3 Å². The van der Waals surface area contributed by atoms with Crippen molar-refractivity contribution in [2.45, 2.75) is 45.2 Å². The van der Waals surface area contributed by atoms with Crippen LogP contribution in [0.2, 0.25) is 0 Å². The fourth-order valence-corrected chi connectivity index (χ4v) is 2.08. The summed E-state index contributed by atoms with van der Waals surface area (Å²) >= 11 is 0. The van der Waals surface area contributed by atoms with E-state index in [1.807, 2.05) is 25.1 Å². The molecule has 5 heteroatoms. The first-order valence-electron chi connectivity index (χ1n) is 8.13. The van der Waals surface area contributed by atoms with E-state index in [2.05, 4.69) is 33.1 Å². The molecule has 0 atom stereocenters. The second-order valence-corrected chi connectivity index (χ2v) is 5.55. The van der Waals surface area contributed by atoms with Crippen molar-refractivity contribution in [1.29, 1.82) is 0 Å². The Hall–Kier alpha value is -2.04. The quantitative estimate of drug-likeness (QED) is 0.390. The molecule has 0 bridgehead atoms. The van der Waals surface area contributed by atoms with Crippen LogP contribution in [0.1, 0.15) is 38.2 Å². The Morgan fingerprint density at radius 3 is 2.68 bits per heavy atom. The maximum atomic E-state index is 11.6. The average molecular weight is 302 g/mol. The van der Waals surface area contributed by atoms with Crippen molar-refractivity contribution in [2.75, 3.05) is 13.1 Å². The standard InChI is InChI=1S/C17H26N4O/c1-2-18-17(20-13-14-7-4-3-5-8-14)19-12-6-9-16(22)21-15-10-11-15/h3-5,7-8,15H,2,6,9-13H2,1H3,(H,21,22)(H2,18,19,20). The fourth-order valence-electron chi connectivity index (χ4n) is 2.08. The van der Waals surface area contributed by atoms with Crippen LogP contribution in [0.5, 0.6) is 0 Å². The Bertz CT molecular complexity index is 483. The van der Waals surface area contributed by atoms with Gasteiger partial charge in [0.15, 0.2) is 5.96 Å². The maximum Gasteiger partial charge on any atom is 0.220 e. The normalized spacial score (nSPS) is 14.5. The van der Waals surface area contributed by atoms with E-state index in [0.717, 1.165) is 38.3 Å². The van der Waals surface area contributed by atoms with Gasteiger partial charge >= 0.3 is 0 Å². The zero-order valence-corrected chi connectivity index (χ0v) is 13.3. The Labute approximate surface area is 132 Å². The number of nitrogens with one attached hydrogen (secondary N) is 3. The Kier molecular flexibility index (Phi) is 6.74. The molecule has 0 aromatic heterocycles. The first-order valence-corrected chi connectivity index (χ1v) is 8.13. The molecule has 1 amide bonds. The van der Waals surface area contributed by atoms with Crippen LogP contribution in [0.3, 0.4) is 0 Å². The largest absolute Gasteiger partial charge is 0.357 e. The van der Waals surface area contributed by atoms with E-state index in [9.17, 15) is 4.79 Å². The molecule has 22 heavy (non-hydrogen) atoms. The fraction of sp³-hybridized carbons (Fsp3) is 0.529. The SMILES string of the molecule is CCNC(=NCc1ccccc1)NCCCC(=O)NC1CC1. The third-order valence-corrected chi connectivity index (χ3v) is 3.42. The summed E-state index contributed by atoms with van der Waals surface area (Å²) in [5.41, 5.74) is 1.18. The predicted octanol–water partition coefficient (Wildman–Crippen LogP) is 1.80. The summed E-state index contributed by atoms with van der Waals surface area (Å²) in [5.74, 6) is 0.962. The summed E-state index contributed by atoms with van der Waals surface area (Å²) in [5, 5.41) is 9.50. The molecule has 0 saturated heterocycles. The van der Waals surface area contributed by atoms with Gasteiger partial charge in [-0.1, -0.05) is 30.3 Å². The van der Waals surface area contributed by atoms with Crippen LogP contribution in [-0.2, 0) is 11.3 Å². The van der Waals surface area contributed by atoms with E-state index < -0.39 is 0 Å². The van der Waals surface area contributed by atoms with Gasteiger partial charge in [-0.3, -0.25) is 4.79 Å². The second kappa shape index (κ2) is 9.07. The molecular weight excluding hydrogens is 276 g/mol. The van der Waals surface area contributed by atoms with Gasteiger partial charge in [0.1, 0.15) is 0 Å². The molecule has 0 spiro atoms. The maximum absolute atomic E-state index is 11.6. The van der Waals surface area contributed by atoms with Crippen molar-refractivity contribution in [3.63, 3.8) is 0 Å². The number of carbonyl (C=O) groups is 1. The first-order chi connectivity index (χ1) is 10.8. The lowest BCUT2D eigenvalue weighted by atomic mass is 10.2. The zero-order valence-electron chi connectivity index (χ0n) is 13.3. The van der Waals surface area contributed by atoms with Crippen LogP contribution in [0, 0.1) is 0 Å². The highest BCUT2D eigenvalue weighted by Crippen LogP contribution is 2.18. The molecule has 0 radical (unpaired) electrons. The summed E-state index contributed by atoms with van der Waals surface area (Å²) in [4.78, 5) is 16.1. The molecule has 1 aromatic rings. The lowest BCUT2D eigenvalue weighted by Crippen LogP contribution is -2.38. The molecule has 1 aliphatic carbocycles. The molecule has 1 saturated carbocycles. The number of guanidine groups is 1. The number of carbonyl (C=O) groups excluding carboxylic acids is 1. The number of hydrogen-bond donors (Lipinski definition) is 3. The lowest BCUT2D eigenvalue weighted by Gasteiger charge is -2.11. The first kappa shape index (κ1) is 16.3. The molecule has 1 fully saturated rings. The van der Waals surface area contributed by atoms with E-state index >= 15 is 0 Å². The summed E-state index contributed by atoms with van der Waals surface area (Å²) in [6.45, 7) is 4.27. The van der Waals surface area contributed by atoms with Crippen LogP contribution >= 0.6 is 0 Å². The van der Waals surface area contributed by atoms with E-state index in [4.69, 9.17) is 0 Å². The topological polar surface area (TPSA) is 65.5 Å². The number of amides is 1. The summed E-state index contributed by atoms with van der Waals surface area (Å²) in [7, 11) is 0. The van der Waals surface area contributed by atoms with Gasteiger partial charge in [0.2, 0.25) is 5.91 Å². The highest BCUT2D eigenvalue weighted by atomic mass is 16.1. The van der Waals surface area contributed by atoms with Crippen LogP contribution < -0.4 is 16.0 Å². The van der Waals surface area contributed by atoms with Gasteiger partial charge in [0.25, 0.3) is 0 Å². The number of hydrogen-bond acceptors (Lipinski definition) is 2. The third-order valence-electron chi connectivity index (χ3n) is 3.42. The van der Waals surface area contributed by atoms with Gasteiger partial charge < -0.3 is 16.0 Å². The average Bonchev–Trinajstić information content (AvgIpc) is 3.34. The van der Waals surface area contributed by atoms with Crippen LogP contribution in [-0.4, -0.2) is 31.0 Å². The summed E-state index contributed by atoms with van der Waals surface area (Å²) in [6, 6.07) is 10.6. The Morgan fingerprint density at radius 1 is 1.23 bits per heavy atom. The molecule has 1 aromatic carbocycles. The van der Waals surface area contributed by atoms with E-state index in [1.165, 1.54) is 5.56 Å². The van der Waals surface area contributed by atoms with Gasteiger partial charge in [-0.15, -0.1) is 0 Å². The minimum atomic E-state index is 0.163. The van der Waals surface area contributed by atoms with Crippen molar-refractivity contribution in [2.24, 2.45) is 4.99 Å². The highest BCUT2D eigenvalue weighted by Gasteiger charge is 2.22. The molecule has 0 aliphatic heterocycles. The van der Waals surface area contributed by atoms with E-state index in [1.54, 1.807) is 0 Å². The molecular formula is C17H26N4O. The number of nitrogens with zero attached hydrogens (tertiary/aromatic N) is 1. The van der Waals surface area contributed by atoms with Crippen molar-refractivity contribution in [1.82, 2.24) is 16.0 Å². The van der Waals surface area contributed by atoms with Crippen molar-refractivity contribution in [3.05, 3.63) is 35.9 Å². The molecule has 0 unspecified atom stereocenters. The number of rotatable bonds is 8. The van der Waals surface area contributed by atoms with Gasteiger partial charge in [0, 0.05) is 25.6 Å². The Balaban J connectivity index is 1.67. The lowest BCUT2D eigenvalue weighted by molar-refractivity contribution is -0.121. The molecule has 1 aliphatic rings. The van der Waals surface area contributed by atoms with E-state index in [0.29, 0.717) is 19.0 Å². The second-order valence-electron chi connectivity index (χ2n) is 5.55. The van der Waals surface area contributed by atoms with Gasteiger partial charge in [-0.05, 0) is 31.7 Å². The van der Waals surface area contributed by atoms with Gasteiger partial charge in [0.05, 0.1) is 6.54 Å². The zero-order chi connectivity index (χ0) is 15.6. The van der Waals surface area contributed by atoms with Crippen molar-refractivity contribution in [3.8, 4) is 0 Å². The predicted molar refractivity (Wildman–Crippen MR) is 89.7 cm³/mol. The minimum absolute atomic E-state index is 0.163. The van der Waals surface area contributed by atoms with Crippen LogP contribution in [0.25, 0.3) is 0 Å². The van der Waals surface area contributed by atoms with Crippen molar-refractivity contribution < 1.29 is 4.79 Å². The molecule has 2 rings (SSSR count). The number of aliphatic imine (C=N–C) groups is 1. The summed E-state index contributed by atoms with van der Waals surface area (Å²) < 4.78 is 0. The van der Waals surface area contributed by atoms with Crippen LogP contribution in [0.4, 0.5) is 0 Å². The minimum Gasteiger partial charge on any atom is -0.357 e. The van der Waals surface area contributed by atoms with Gasteiger partial charge in [-0.2, -0.15) is 0 Å². The smallest absolute Gasteiger partial charge is 0.220 e. The summed E-state index contributed by atoms with van der Waals surface area (Å²) in [6.07, 6.45) is 3.66. The Morgan fingerprint density at radius 2 is 2.00 bits per heavy atom. The van der Waals surface area contributed by atoms with Crippen molar-refractivity contribution >= 4 is 11.9 Å². The van der Waals surface area contributed by atoms with E-state index in [-0.39, 0.29) is 5.91 Å². The third kappa shape index (κ3) is 6.61. The number of benzene rings is 1.